The molecule has 5 heteroatoms. The first-order valence-corrected chi connectivity index (χ1v) is 11.8. The standard InChI is InChI=1S/C26H33ClN2O2/c1-3-20-12-14-21(15-13-20)16-17-25(30)29(18-22-8-4-7-11-24(22)27)19(2)26(31)28-23-9-5-6-10-23/h4,7-8,11-15,19,23H,3,5-6,9-10,16-18H2,1-2H3,(H,28,31)/t19-/m0/s1. The predicted octanol–water partition coefficient (Wildman–Crippen LogP) is 5.31. The summed E-state index contributed by atoms with van der Waals surface area (Å²) in [5.74, 6) is -0.117. The molecule has 31 heavy (non-hydrogen) atoms. The third-order valence-electron chi connectivity index (χ3n) is 6.23. The van der Waals surface area contributed by atoms with Crippen LogP contribution in [0.15, 0.2) is 48.5 Å². The SMILES string of the molecule is CCc1ccc(CCC(=O)N(Cc2ccccc2Cl)[C@@H](C)C(=O)NC2CCCC2)cc1. The summed E-state index contributed by atoms with van der Waals surface area (Å²) in [6.45, 7) is 4.27. The molecule has 0 radical (unpaired) electrons. The fraction of sp³-hybridized carbons (Fsp3) is 0.462. The highest BCUT2D eigenvalue weighted by Gasteiger charge is 2.28. The molecule has 1 saturated carbocycles. The van der Waals surface area contributed by atoms with Crippen molar-refractivity contribution in [1.82, 2.24) is 10.2 Å². The maximum absolute atomic E-state index is 13.2. The molecule has 0 aliphatic heterocycles. The minimum Gasteiger partial charge on any atom is -0.352 e. The Hall–Kier alpha value is -2.33. The summed E-state index contributed by atoms with van der Waals surface area (Å²) in [5, 5.41) is 3.75. The Morgan fingerprint density at radius 3 is 2.35 bits per heavy atom. The first kappa shape index (κ1) is 23.3. The van der Waals surface area contributed by atoms with Gasteiger partial charge in [-0.15, -0.1) is 0 Å². The topological polar surface area (TPSA) is 49.4 Å². The first-order chi connectivity index (χ1) is 15.0. The van der Waals surface area contributed by atoms with E-state index in [1.807, 2.05) is 31.2 Å². The van der Waals surface area contributed by atoms with Crippen molar-refractivity contribution in [1.29, 1.82) is 0 Å². The van der Waals surface area contributed by atoms with Gasteiger partial charge in [-0.3, -0.25) is 9.59 Å². The van der Waals surface area contributed by atoms with Crippen LogP contribution in [0, 0.1) is 0 Å². The van der Waals surface area contributed by atoms with E-state index in [1.165, 1.54) is 5.56 Å². The van der Waals surface area contributed by atoms with Gasteiger partial charge in [-0.05, 0) is 55.4 Å². The Morgan fingerprint density at radius 1 is 1.06 bits per heavy atom. The number of nitrogens with zero attached hydrogens (tertiary/aromatic N) is 1. The lowest BCUT2D eigenvalue weighted by Gasteiger charge is -2.30. The number of carbonyl (C=O) groups is 2. The van der Waals surface area contributed by atoms with Gasteiger partial charge in [0.2, 0.25) is 11.8 Å². The third-order valence-corrected chi connectivity index (χ3v) is 6.59. The molecular formula is C26H33ClN2O2. The summed E-state index contributed by atoms with van der Waals surface area (Å²) in [5.41, 5.74) is 3.27. The van der Waals surface area contributed by atoms with Gasteiger partial charge in [0, 0.05) is 24.0 Å². The minimum atomic E-state index is -0.549. The number of rotatable bonds is 9. The van der Waals surface area contributed by atoms with Gasteiger partial charge < -0.3 is 10.2 Å². The summed E-state index contributed by atoms with van der Waals surface area (Å²) < 4.78 is 0. The summed E-state index contributed by atoms with van der Waals surface area (Å²) in [6.07, 6.45) is 6.35. The highest BCUT2D eigenvalue weighted by Crippen LogP contribution is 2.21. The molecule has 4 nitrogen and oxygen atoms in total. The molecule has 1 fully saturated rings. The molecule has 166 valence electrons. The van der Waals surface area contributed by atoms with Gasteiger partial charge in [-0.25, -0.2) is 0 Å². The largest absolute Gasteiger partial charge is 0.352 e. The van der Waals surface area contributed by atoms with E-state index in [2.05, 4.69) is 36.5 Å². The Morgan fingerprint density at radius 2 is 1.71 bits per heavy atom. The van der Waals surface area contributed by atoms with Crippen molar-refractivity contribution in [3.8, 4) is 0 Å². The van der Waals surface area contributed by atoms with Crippen molar-refractivity contribution in [2.75, 3.05) is 0 Å². The average molecular weight is 441 g/mol. The van der Waals surface area contributed by atoms with E-state index in [9.17, 15) is 9.59 Å². The quantitative estimate of drug-likeness (QED) is 0.574. The van der Waals surface area contributed by atoms with Gasteiger partial charge in [0.1, 0.15) is 6.04 Å². The van der Waals surface area contributed by atoms with E-state index in [0.29, 0.717) is 24.4 Å². The number of hydrogen-bond donors (Lipinski definition) is 1. The average Bonchev–Trinajstić information content (AvgIpc) is 3.30. The molecule has 1 N–H and O–H groups in total. The van der Waals surface area contributed by atoms with Gasteiger partial charge in [0.15, 0.2) is 0 Å². The monoisotopic (exact) mass is 440 g/mol. The van der Waals surface area contributed by atoms with Crippen molar-refractivity contribution >= 4 is 23.4 Å². The second-order valence-corrected chi connectivity index (χ2v) is 8.86. The normalized spacial score (nSPS) is 14.9. The van der Waals surface area contributed by atoms with Crippen LogP contribution in [0.4, 0.5) is 0 Å². The molecule has 0 aromatic heterocycles. The van der Waals surface area contributed by atoms with Crippen LogP contribution in [0.25, 0.3) is 0 Å². The number of aryl methyl sites for hydroxylation is 2. The maximum Gasteiger partial charge on any atom is 0.242 e. The van der Waals surface area contributed by atoms with Crippen molar-refractivity contribution in [3.05, 3.63) is 70.2 Å². The van der Waals surface area contributed by atoms with Gasteiger partial charge in [-0.1, -0.05) is 73.8 Å². The molecule has 2 aromatic rings. The van der Waals surface area contributed by atoms with E-state index in [0.717, 1.165) is 43.2 Å². The number of hydrogen-bond acceptors (Lipinski definition) is 2. The molecule has 1 aliphatic carbocycles. The van der Waals surface area contributed by atoms with Crippen LogP contribution in [-0.2, 0) is 29.0 Å². The van der Waals surface area contributed by atoms with Crippen molar-refractivity contribution in [3.63, 3.8) is 0 Å². The zero-order valence-corrected chi connectivity index (χ0v) is 19.3. The highest BCUT2D eigenvalue weighted by atomic mass is 35.5. The van der Waals surface area contributed by atoms with Gasteiger partial charge in [0.05, 0.1) is 0 Å². The van der Waals surface area contributed by atoms with Crippen LogP contribution in [0.2, 0.25) is 5.02 Å². The van der Waals surface area contributed by atoms with Crippen molar-refractivity contribution in [2.24, 2.45) is 0 Å². The van der Waals surface area contributed by atoms with E-state index in [-0.39, 0.29) is 17.9 Å². The van der Waals surface area contributed by atoms with Crippen LogP contribution >= 0.6 is 11.6 Å². The van der Waals surface area contributed by atoms with E-state index < -0.39 is 6.04 Å². The minimum absolute atomic E-state index is 0.0337. The van der Waals surface area contributed by atoms with Gasteiger partial charge >= 0.3 is 0 Å². The molecule has 1 aliphatic rings. The van der Waals surface area contributed by atoms with E-state index in [1.54, 1.807) is 4.90 Å². The van der Waals surface area contributed by atoms with Crippen LogP contribution in [0.3, 0.4) is 0 Å². The Labute approximate surface area is 191 Å². The van der Waals surface area contributed by atoms with Crippen LogP contribution in [0.1, 0.15) is 62.6 Å². The van der Waals surface area contributed by atoms with Crippen LogP contribution in [-0.4, -0.2) is 28.8 Å². The molecule has 2 amide bonds. The molecule has 3 rings (SSSR count). The van der Waals surface area contributed by atoms with E-state index >= 15 is 0 Å². The smallest absolute Gasteiger partial charge is 0.242 e. The Kier molecular flexibility index (Phi) is 8.53. The van der Waals surface area contributed by atoms with Crippen LogP contribution < -0.4 is 5.32 Å². The fourth-order valence-electron chi connectivity index (χ4n) is 4.12. The molecule has 0 spiro atoms. The second-order valence-electron chi connectivity index (χ2n) is 8.45. The third kappa shape index (κ3) is 6.57. The molecule has 0 saturated heterocycles. The Bertz CT molecular complexity index is 875. The summed E-state index contributed by atoms with van der Waals surface area (Å²) in [4.78, 5) is 27.8. The fourth-order valence-corrected chi connectivity index (χ4v) is 4.32. The second kappa shape index (κ2) is 11.3. The number of carbonyl (C=O) groups excluding carboxylic acids is 2. The number of benzene rings is 2. The zero-order valence-electron chi connectivity index (χ0n) is 18.6. The van der Waals surface area contributed by atoms with Crippen LogP contribution in [0.5, 0.6) is 0 Å². The Balaban J connectivity index is 1.70. The lowest BCUT2D eigenvalue weighted by atomic mass is 10.0. The molecule has 0 unspecified atom stereocenters. The van der Waals surface area contributed by atoms with E-state index in [4.69, 9.17) is 11.6 Å². The summed E-state index contributed by atoms with van der Waals surface area (Å²) in [7, 11) is 0. The zero-order chi connectivity index (χ0) is 22.2. The molecule has 0 bridgehead atoms. The number of nitrogens with one attached hydrogen (secondary N) is 1. The highest BCUT2D eigenvalue weighted by molar-refractivity contribution is 6.31. The number of amides is 2. The van der Waals surface area contributed by atoms with Gasteiger partial charge in [0.25, 0.3) is 0 Å². The summed E-state index contributed by atoms with van der Waals surface area (Å²) in [6, 6.07) is 15.6. The lowest BCUT2D eigenvalue weighted by molar-refractivity contribution is -0.140. The van der Waals surface area contributed by atoms with Gasteiger partial charge in [-0.2, -0.15) is 0 Å². The molecule has 1 atom stereocenters. The first-order valence-electron chi connectivity index (χ1n) is 11.4. The maximum atomic E-state index is 13.2. The van der Waals surface area contributed by atoms with Crippen molar-refractivity contribution < 1.29 is 9.59 Å². The molecule has 0 heterocycles. The van der Waals surface area contributed by atoms with Crippen molar-refractivity contribution in [2.45, 2.75) is 77.4 Å². The predicted molar refractivity (Wildman–Crippen MR) is 126 cm³/mol. The number of halogens is 1. The lowest BCUT2D eigenvalue weighted by Crippen LogP contribution is -2.49. The molecule has 2 aromatic carbocycles. The molecular weight excluding hydrogens is 408 g/mol. The summed E-state index contributed by atoms with van der Waals surface area (Å²) >= 11 is 6.36.